The van der Waals surface area contributed by atoms with Crippen LogP contribution in [0.2, 0.25) is 10.0 Å². The lowest BCUT2D eigenvalue weighted by Gasteiger charge is -2.27. The highest BCUT2D eigenvalue weighted by atomic mass is 35.5. The molecule has 3 nitrogen and oxygen atoms in total. The van der Waals surface area contributed by atoms with Crippen molar-refractivity contribution in [3.63, 3.8) is 0 Å². The molecule has 18 heavy (non-hydrogen) atoms. The van der Waals surface area contributed by atoms with Crippen LogP contribution in [0.4, 0.5) is 0 Å². The number of carbonyl (C=O) groups excluding carboxylic acids is 1. The first-order valence-corrected chi connectivity index (χ1v) is 6.09. The van der Waals surface area contributed by atoms with E-state index in [1.807, 2.05) is 19.9 Å². The van der Waals surface area contributed by atoms with Gasteiger partial charge in [-0.1, -0.05) is 29.3 Å². The number of hydrogen-bond donors (Lipinski definition) is 2. The summed E-state index contributed by atoms with van der Waals surface area (Å²) < 4.78 is 0. The highest BCUT2D eigenvalue weighted by Crippen LogP contribution is 2.28. The second kappa shape index (κ2) is 7.19. The minimum Gasteiger partial charge on any atom is -0.347 e. The Kier molecular flexibility index (Phi) is 7.00. The van der Waals surface area contributed by atoms with Crippen LogP contribution in [0.15, 0.2) is 18.2 Å². The monoisotopic (exact) mass is 310 g/mol. The predicted octanol–water partition coefficient (Wildman–Crippen LogP) is 3.12. The van der Waals surface area contributed by atoms with E-state index in [0.29, 0.717) is 23.0 Å². The normalized spacial score (nSPS) is 10.7. The number of halogens is 3. The maximum absolute atomic E-state index is 11.5. The van der Waals surface area contributed by atoms with Gasteiger partial charge in [0.1, 0.15) is 0 Å². The van der Waals surface area contributed by atoms with E-state index >= 15 is 0 Å². The minimum atomic E-state index is -0.500. The molecule has 1 aromatic carbocycles. The Labute approximate surface area is 123 Å². The van der Waals surface area contributed by atoms with Crippen molar-refractivity contribution in [1.29, 1.82) is 0 Å². The molecule has 1 amide bonds. The van der Waals surface area contributed by atoms with Gasteiger partial charge >= 0.3 is 0 Å². The number of rotatable bonds is 4. The Morgan fingerprint density at radius 3 is 2.44 bits per heavy atom. The number of nitrogens with two attached hydrogens (primary N) is 1. The lowest BCUT2D eigenvalue weighted by molar-refractivity contribution is -0.122. The molecule has 0 saturated carbocycles. The molecule has 1 aromatic rings. The third-order valence-corrected chi connectivity index (χ3v) is 3.20. The summed E-state index contributed by atoms with van der Waals surface area (Å²) in [6.07, 6.45) is 0.310. The van der Waals surface area contributed by atoms with E-state index < -0.39 is 5.54 Å². The average Bonchev–Trinajstić information content (AvgIpc) is 2.21. The summed E-state index contributed by atoms with van der Waals surface area (Å²) in [5.74, 6) is -0.0800. The highest BCUT2D eigenvalue weighted by Gasteiger charge is 2.23. The second-order valence-electron chi connectivity index (χ2n) is 4.34. The largest absolute Gasteiger partial charge is 0.347 e. The lowest BCUT2D eigenvalue weighted by Crippen LogP contribution is -2.41. The molecule has 3 N–H and O–H groups in total. The SMILES string of the molecule is CC(C)(NC(=O)CCN)c1ccc(Cl)c(Cl)c1.Cl. The zero-order valence-corrected chi connectivity index (χ0v) is 12.6. The van der Waals surface area contributed by atoms with Gasteiger partial charge in [-0.15, -0.1) is 12.4 Å². The smallest absolute Gasteiger partial charge is 0.221 e. The van der Waals surface area contributed by atoms with Gasteiger partial charge < -0.3 is 11.1 Å². The maximum Gasteiger partial charge on any atom is 0.221 e. The van der Waals surface area contributed by atoms with Crippen LogP contribution in [-0.4, -0.2) is 12.5 Å². The van der Waals surface area contributed by atoms with Crippen molar-refractivity contribution >= 4 is 41.5 Å². The Bertz CT molecular complexity index is 422. The third-order valence-electron chi connectivity index (χ3n) is 2.46. The summed E-state index contributed by atoms with van der Waals surface area (Å²) in [7, 11) is 0. The van der Waals surface area contributed by atoms with E-state index in [9.17, 15) is 4.79 Å². The maximum atomic E-state index is 11.5. The van der Waals surface area contributed by atoms with Gasteiger partial charge in [0.15, 0.2) is 0 Å². The number of carbonyl (C=O) groups is 1. The summed E-state index contributed by atoms with van der Waals surface area (Å²) in [5, 5.41) is 3.88. The van der Waals surface area contributed by atoms with Gasteiger partial charge in [0, 0.05) is 13.0 Å². The van der Waals surface area contributed by atoms with E-state index in [4.69, 9.17) is 28.9 Å². The Hall–Kier alpha value is -0.480. The van der Waals surface area contributed by atoms with Crippen LogP contribution in [0, 0.1) is 0 Å². The van der Waals surface area contributed by atoms with Gasteiger partial charge in [-0.2, -0.15) is 0 Å². The van der Waals surface area contributed by atoms with E-state index in [-0.39, 0.29) is 18.3 Å². The number of benzene rings is 1. The van der Waals surface area contributed by atoms with Crippen molar-refractivity contribution in [2.75, 3.05) is 6.54 Å². The van der Waals surface area contributed by atoms with Crippen LogP contribution >= 0.6 is 35.6 Å². The topological polar surface area (TPSA) is 55.1 Å². The summed E-state index contributed by atoms with van der Waals surface area (Å²) in [6, 6.07) is 5.32. The molecule has 0 heterocycles. The Morgan fingerprint density at radius 2 is 1.94 bits per heavy atom. The molecular formula is C12H17Cl3N2O. The van der Waals surface area contributed by atoms with E-state index in [1.165, 1.54) is 0 Å². The minimum absolute atomic E-state index is 0. The molecule has 0 aliphatic rings. The predicted molar refractivity (Wildman–Crippen MR) is 78.6 cm³/mol. The van der Waals surface area contributed by atoms with E-state index in [2.05, 4.69) is 5.32 Å². The average molecular weight is 312 g/mol. The van der Waals surface area contributed by atoms with Gasteiger partial charge in [-0.05, 0) is 31.5 Å². The second-order valence-corrected chi connectivity index (χ2v) is 5.16. The zero-order valence-electron chi connectivity index (χ0n) is 10.3. The first-order chi connectivity index (χ1) is 7.86. The van der Waals surface area contributed by atoms with Crippen molar-refractivity contribution in [3.05, 3.63) is 33.8 Å². The molecule has 0 bridgehead atoms. The Morgan fingerprint density at radius 1 is 1.33 bits per heavy atom. The molecule has 0 aliphatic carbocycles. The van der Waals surface area contributed by atoms with Crippen LogP contribution in [-0.2, 0) is 10.3 Å². The van der Waals surface area contributed by atoms with Crippen molar-refractivity contribution in [3.8, 4) is 0 Å². The fourth-order valence-electron chi connectivity index (χ4n) is 1.50. The van der Waals surface area contributed by atoms with Gasteiger partial charge in [-0.25, -0.2) is 0 Å². The molecule has 0 aromatic heterocycles. The van der Waals surface area contributed by atoms with Crippen molar-refractivity contribution in [2.45, 2.75) is 25.8 Å². The first kappa shape index (κ1) is 17.5. The summed E-state index contributed by atoms with van der Waals surface area (Å²) >= 11 is 11.8. The molecule has 0 aliphatic heterocycles. The lowest BCUT2D eigenvalue weighted by atomic mass is 9.94. The number of nitrogens with one attached hydrogen (secondary N) is 1. The molecule has 0 atom stereocenters. The molecule has 0 saturated heterocycles. The van der Waals surface area contributed by atoms with E-state index in [1.54, 1.807) is 12.1 Å². The highest BCUT2D eigenvalue weighted by molar-refractivity contribution is 6.42. The molecule has 0 spiro atoms. The van der Waals surface area contributed by atoms with Gasteiger partial charge in [0.25, 0.3) is 0 Å². The summed E-state index contributed by atoms with van der Waals surface area (Å²) in [5.41, 5.74) is 5.73. The summed E-state index contributed by atoms with van der Waals surface area (Å²) in [6.45, 7) is 4.14. The first-order valence-electron chi connectivity index (χ1n) is 5.33. The number of hydrogen-bond acceptors (Lipinski definition) is 2. The van der Waals surface area contributed by atoms with Gasteiger partial charge in [0.2, 0.25) is 5.91 Å². The van der Waals surface area contributed by atoms with Crippen LogP contribution < -0.4 is 11.1 Å². The molecular weight excluding hydrogens is 295 g/mol. The van der Waals surface area contributed by atoms with Gasteiger partial charge in [-0.3, -0.25) is 4.79 Å². The van der Waals surface area contributed by atoms with Crippen LogP contribution in [0.1, 0.15) is 25.8 Å². The Balaban J connectivity index is 0.00000289. The fourth-order valence-corrected chi connectivity index (χ4v) is 1.80. The standard InChI is InChI=1S/C12H16Cl2N2O.ClH/c1-12(2,16-11(17)5-6-15)8-3-4-9(13)10(14)7-8;/h3-4,7H,5-6,15H2,1-2H3,(H,16,17);1H. The molecule has 0 unspecified atom stereocenters. The van der Waals surface area contributed by atoms with Gasteiger partial charge in [0.05, 0.1) is 15.6 Å². The van der Waals surface area contributed by atoms with Crippen LogP contribution in [0.25, 0.3) is 0 Å². The van der Waals surface area contributed by atoms with Crippen LogP contribution in [0.5, 0.6) is 0 Å². The molecule has 1 rings (SSSR count). The quantitative estimate of drug-likeness (QED) is 0.897. The molecule has 0 fully saturated rings. The van der Waals surface area contributed by atoms with Crippen molar-refractivity contribution in [2.24, 2.45) is 5.73 Å². The molecule has 6 heteroatoms. The van der Waals surface area contributed by atoms with Crippen molar-refractivity contribution < 1.29 is 4.79 Å². The molecule has 0 radical (unpaired) electrons. The van der Waals surface area contributed by atoms with E-state index in [0.717, 1.165) is 5.56 Å². The molecule has 102 valence electrons. The third kappa shape index (κ3) is 4.65. The zero-order chi connectivity index (χ0) is 13.1. The summed E-state index contributed by atoms with van der Waals surface area (Å²) in [4.78, 5) is 11.5. The number of amides is 1. The fraction of sp³-hybridized carbons (Fsp3) is 0.417. The van der Waals surface area contributed by atoms with Crippen LogP contribution in [0.3, 0.4) is 0 Å². The van der Waals surface area contributed by atoms with Crippen molar-refractivity contribution in [1.82, 2.24) is 5.32 Å².